The number of rotatable bonds is 6. The fraction of sp³-hybridized carbons (Fsp3) is 0.613. The molecule has 5 aliphatic rings. The quantitative estimate of drug-likeness (QED) is 0.617. The number of hydrogen-bond acceptors (Lipinski definition) is 4. The summed E-state index contributed by atoms with van der Waals surface area (Å²) in [5.41, 5.74) is 3.23. The standard InChI is InChI=1S/C31H41N3O3/c1-4-30-12-11-25(20(2)33(3)29(37)23-6-5-14-32-28(36)17-23)31(30)13-15-34(19-21-7-8-21)27(30)16-22-9-10-24(35)18-26(22)31/h5-6,9-10,17-18,20-21,25,27,35H,4,7-8,11-16,19H2,1-3H3,(H,32,36). The number of nitrogens with zero attached hydrogens (tertiary/aromatic N) is 2. The highest BCUT2D eigenvalue weighted by atomic mass is 16.3. The molecule has 5 atom stereocenters. The van der Waals surface area contributed by atoms with Crippen LogP contribution in [0.25, 0.3) is 0 Å². The molecule has 0 spiro atoms. The Morgan fingerprint density at radius 3 is 2.84 bits per heavy atom. The van der Waals surface area contributed by atoms with Crippen molar-refractivity contribution >= 4 is 11.8 Å². The lowest BCUT2D eigenvalue weighted by Crippen LogP contribution is -2.67. The second-order valence-electron chi connectivity index (χ2n) is 12.3. The van der Waals surface area contributed by atoms with Gasteiger partial charge in [-0.2, -0.15) is 0 Å². The second-order valence-corrected chi connectivity index (χ2v) is 12.3. The molecule has 2 N–H and O–H groups in total. The molecule has 1 aromatic carbocycles. The predicted molar refractivity (Wildman–Crippen MR) is 144 cm³/mol. The zero-order valence-electron chi connectivity index (χ0n) is 22.5. The van der Waals surface area contributed by atoms with Crippen molar-refractivity contribution in [2.45, 2.75) is 76.3 Å². The number of amides is 2. The molecule has 3 fully saturated rings. The molecule has 0 radical (unpaired) electrons. The average molecular weight is 504 g/mol. The lowest BCUT2D eigenvalue weighted by molar-refractivity contribution is -0.130. The Balaban J connectivity index is 1.41. The van der Waals surface area contributed by atoms with E-state index < -0.39 is 0 Å². The van der Waals surface area contributed by atoms with Gasteiger partial charge in [-0.1, -0.05) is 25.1 Å². The van der Waals surface area contributed by atoms with Crippen molar-refractivity contribution < 1.29 is 14.7 Å². The molecule has 198 valence electrons. The van der Waals surface area contributed by atoms with E-state index >= 15 is 0 Å². The Labute approximate surface area is 220 Å². The van der Waals surface area contributed by atoms with Crippen LogP contribution in [0.15, 0.2) is 42.0 Å². The minimum absolute atomic E-state index is 0.00507. The number of carbonyl (C=O) groups is 2. The molecule has 2 heterocycles. The highest BCUT2D eigenvalue weighted by Gasteiger charge is 2.69. The Hall–Kier alpha value is -2.60. The van der Waals surface area contributed by atoms with E-state index in [1.165, 1.54) is 36.6 Å². The van der Waals surface area contributed by atoms with Crippen LogP contribution < -0.4 is 5.32 Å². The van der Waals surface area contributed by atoms with E-state index in [4.69, 9.17) is 0 Å². The summed E-state index contributed by atoms with van der Waals surface area (Å²) in [6, 6.07) is 6.59. The molecule has 1 saturated heterocycles. The van der Waals surface area contributed by atoms with Crippen molar-refractivity contribution in [3.8, 4) is 5.75 Å². The Bertz CT molecular complexity index is 1170. The van der Waals surface area contributed by atoms with Crippen LogP contribution in [0.2, 0.25) is 0 Å². The van der Waals surface area contributed by atoms with Crippen LogP contribution in [-0.4, -0.2) is 65.5 Å². The Kier molecular flexibility index (Phi) is 6.02. The number of fused-ring (bicyclic) bond motifs is 1. The molecule has 6 heteroatoms. The summed E-state index contributed by atoms with van der Waals surface area (Å²) in [7, 11) is 1.90. The molecule has 3 aliphatic carbocycles. The summed E-state index contributed by atoms with van der Waals surface area (Å²) in [4.78, 5) is 30.4. The van der Waals surface area contributed by atoms with Crippen molar-refractivity contribution in [2.24, 2.45) is 17.3 Å². The number of nitrogens with one attached hydrogen (secondary N) is 1. The molecule has 1 aromatic rings. The van der Waals surface area contributed by atoms with E-state index in [0.717, 1.165) is 44.6 Å². The van der Waals surface area contributed by atoms with Crippen molar-refractivity contribution in [3.63, 3.8) is 0 Å². The minimum Gasteiger partial charge on any atom is -0.508 e. The third-order valence-corrected chi connectivity index (χ3v) is 10.8. The number of hydrogen-bond donors (Lipinski definition) is 2. The number of likely N-dealkylation sites (tertiary alicyclic amines) is 1. The maximum atomic E-state index is 13.6. The summed E-state index contributed by atoms with van der Waals surface area (Å²) in [6.45, 7) is 7.32. The summed E-state index contributed by atoms with van der Waals surface area (Å²) in [5.74, 6) is 1.18. The smallest absolute Gasteiger partial charge is 0.254 e. The Morgan fingerprint density at radius 2 is 2.08 bits per heavy atom. The number of phenols is 1. The van der Waals surface area contributed by atoms with Crippen LogP contribution in [0, 0.1) is 17.3 Å². The molecule has 2 saturated carbocycles. The van der Waals surface area contributed by atoms with Crippen LogP contribution in [0.4, 0.5) is 0 Å². The van der Waals surface area contributed by atoms with Crippen molar-refractivity contribution in [3.05, 3.63) is 53.1 Å². The molecule has 37 heavy (non-hydrogen) atoms. The predicted octanol–water partition coefficient (Wildman–Crippen LogP) is 3.94. The first-order chi connectivity index (χ1) is 17.8. The summed E-state index contributed by atoms with van der Waals surface area (Å²) < 4.78 is 0. The zero-order chi connectivity index (χ0) is 25.9. The molecule has 5 unspecified atom stereocenters. The maximum absolute atomic E-state index is 13.6. The minimum atomic E-state index is -0.221. The van der Waals surface area contributed by atoms with E-state index in [1.807, 2.05) is 24.1 Å². The molecule has 2 aliphatic heterocycles. The van der Waals surface area contributed by atoms with Gasteiger partial charge in [0.05, 0.1) is 0 Å². The van der Waals surface area contributed by atoms with Gasteiger partial charge in [-0.25, -0.2) is 0 Å². The van der Waals surface area contributed by atoms with Gasteiger partial charge in [0.15, 0.2) is 0 Å². The first-order valence-electron chi connectivity index (χ1n) is 14.3. The number of benzene rings is 1. The SMILES string of the molecule is CCC12CCC(C(C)N(C)C(=O)C3=CC(=O)NCC=C3)C13CCN(CC1CC1)C2Cc1ccc(O)cc13. The largest absolute Gasteiger partial charge is 0.508 e. The highest BCUT2D eigenvalue weighted by molar-refractivity contribution is 6.03. The topological polar surface area (TPSA) is 72.9 Å². The average Bonchev–Trinajstić information content (AvgIpc) is 3.67. The van der Waals surface area contributed by atoms with Gasteiger partial charge in [-0.3, -0.25) is 14.5 Å². The molecule has 2 bridgehead atoms. The van der Waals surface area contributed by atoms with Gasteiger partial charge < -0.3 is 15.3 Å². The molecular weight excluding hydrogens is 462 g/mol. The maximum Gasteiger partial charge on any atom is 0.254 e. The summed E-state index contributed by atoms with van der Waals surface area (Å²) in [6.07, 6.45) is 13.2. The molecule has 6 nitrogen and oxygen atoms in total. The first-order valence-corrected chi connectivity index (χ1v) is 14.3. The fourth-order valence-corrected chi connectivity index (χ4v) is 8.88. The number of phenolic OH excluding ortho intramolecular Hbond substituents is 1. The van der Waals surface area contributed by atoms with Crippen molar-refractivity contribution in [1.82, 2.24) is 15.1 Å². The van der Waals surface area contributed by atoms with E-state index in [9.17, 15) is 14.7 Å². The lowest BCUT2D eigenvalue weighted by atomic mass is 9.46. The van der Waals surface area contributed by atoms with Crippen LogP contribution in [-0.2, 0) is 21.4 Å². The van der Waals surface area contributed by atoms with Crippen LogP contribution in [0.1, 0.15) is 63.5 Å². The highest BCUT2D eigenvalue weighted by Crippen LogP contribution is 2.69. The van der Waals surface area contributed by atoms with E-state index in [0.29, 0.717) is 23.9 Å². The van der Waals surface area contributed by atoms with Gasteiger partial charge in [-0.05, 0) is 98.9 Å². The number of piperidine rings is 1. The lowest BCUT2D eigenvalue weighted by Gasteiger charge is -2.64. The summed E-state index contributed by atoms with van der Waals surface area (Å²) >= 11 is 0. The Morgan fingerprint density at radius 1 is 1.27 bits per heavy atom. The van der Waals surface area contributed by atoms with E-state index in [-0.39, 0.29) is 34.6 Å². The monoisotopic (exact) mass is 503 g/mol. The van der Waals surface area contributed by atoms with E-state index in [2.05, 4.69) is 36.2 Å². The normalized spacial score (nSPS) is 33.6. The van der Waals surface area contributed by atoms with Crippen molar-refractivity contribution in [2.75, 3.05) is 26.7 Å². The second kappa shape index (κ2) is 9.00. The van der Waals surface area contributed by atoms with Gasteiger partial charge in [-0.15, -0.1) is 0 Å². The van der Waals surface area contributed by atoms with Gasteiger partial charge in [0.25, 0.3) is 5.91 Å². The summed E-state index contributed by atoms with van der Waals surface area (Å²) in [5, 5.41) is 13.4. The molecule has 2 amide bonds. The van der Waals surface area contributed by atoms with Crippen LogP contribution in [0.5, 0.6) is 5.75 Å². The number of aromatic hydroxyl groups is 1. The van der Waals surface area contributed by atoms with Gasteiger partial charge in [0, 0.05) is 49.3 Å². The first kappa shape index (κ1) is 24.7. The van der Waals surface area contributed by atoms with Crippen LogP contribution >= 0.6 is 0 Å². The van der Waals surface area contributed by atoms with Crippen molar-refractivity contribution in [1.29, 1.82) is 0 Å². The molecule has 6 rings (SSSR count). The van der Waals surface area contributed by atoms with Gasteiger partial charge >= 0.3 is 0 Å². The van der Waals surface area contributed by atoms with Crippen LogP contribution in [0.3, 0.4) is 0 Å². The molecule has 0 aromatic heterocycles. The van der Waals surface area contributed by atoms with Gasteiger partial charge in [0.2, 0.25) is 5.91 Å². The number of carbonyl (C=O) groups excluding carboxylic acids is 2. The third-order valence-electron chi connectivity index (χ3n) is 10.8. The number of likely N-dealkylation sites (N-methyl/N-ethyl adjacent to an activating group) is 1. The molecular formula is C31H41N3O3. The fourth-order valence-electron chi connectivity index (χ4n) is 8.88. The zero-order valence-corrected chi connectivity index (χ0v) is 22.5. The third kappa shape index (κ3) is 3.70. The van der Waals surface area contributed by atoms with Gasteiger partial charge in [0.1, 0.15) is 5.75 Å². The van der Waals surface area contributed by atoms with E-state index in [1.54, 1.807) is 6.08 Å².